The molecule has 0 unspecified atom stereocenters. The van der Waals surface area contributed by atoms with Gasteiger partial charge in [0.15, 0.2) is 11.5 Å². The van der Waals surface area contributed by atoms with E-state index in [-0.39, 0.29) is 37.8 Å². The highest BCUT2D eigenvalue weighted by atomic mass is 16.7. The van der Waals surface area contributed by atoms with Crippen molar-refractivity contribution in [3.05, 3.63) is 53.6 Å². The van der Waals surface area contributed by atoms with Crippen molar-refractivity contribution in [3.8, 4) is 17.2 Å². The smallest absolute Gasteiger partial charge is 0.262 e. The lowest BCUT2D eigenvalue weighted by atomic mass is 9.98. The Labute approximate surface area is 227 Å². The summed E-state index contributed by atoms with van der Waals surface area (Å²) in [4.78, 5) is 30.5. The molecule has 3 heterocycles. The first-order chi connectivity index (χ1) is 19.1. The number of ether oxygens (including phenoxy) is 5. The number of carbonyl (C=O) groups is 2. The van der Waals surface area contributed by atoms with Gasteiger partial charge in [-0.2, -0.15) is 5.10 Å². The highest BCUT2D eigenvalue weighted by molar-refractivity contribution is 6.03. The normalized spacial score (nSPS) is 18.7. The lowest BCUT2D eigenvalue weighted by Gasteiger charge is -2.31. The van der Waals surface area contributed by atoms with Crippen LogP contribution in [0.15, 0.2) is 47.6 Å². The van der Waals surface area contributed by atoms with Crippen molar-refractivity contribution in [2.45, 2.75) is 12.5 Å². The lowest BCUT2D eigenvalue weighted by Crippen LogP contribution is -2.47. The molecule has 1 atom stereocenters. The standard InChI is InChI=1S/C28H34N4O7/c1-35-18-28(34)31(10-9-30-11-13-37-14-12-30)17-27(33)32-24(21-5-8-25-26(15-21)39-19-38-25)16-23(29-32)20-3-6-22(36-2)7-4-20/h3-8,15,24H,9-14,16-19H2,1-2H3/t24-/m1/s1. The Morgan fingerprint density at radius 1 is 1.05 bits per heavy atom. The molecule has 0 spiro atoms. The van der Waals surface area contributed by atoms with Crippen LogP contribution in [-0.2, 0) is 19.1 Å². The maximum atomic E-state index is 13.8. The van der Waals surface area contributed by atoms with Gasteiger partial charge in [0.05, 0.1) is 32.1 Å². The Morgan fingerprint density at radius 3 is 2.56 bits per heavy atom. The molecule has 2 aromatic carbocycles. The zero-order valence-corrected chi connectivity index (χ0v) is 22.3. The number of fused-ring (bicyclic) bond motifs is 1. The van der Waals surface area contributed by atoms with Crippen molar-refractivity contribution in [1.82, 2.24) is 14.8 Å². The monoisotopic (exact) mass is 538 g/mol. The van der Waals surface area contributed by atoms with Crippen LogP contribution >= 0.6 is 0 Å². The zero-order valence-electron chi connectivity index (χ0n) is 22.3. The summed E-state index contributed by atoms with van der Waals surface area (Å²) >= 11 is 0. The molecule has 1 saturated heterocycles. The van der Waals surface area contributed by atoms with Crippen LogP contribution in [0.2, 0.25) is 0 Å². The van der Waals surface area contributed by atoms with Gasteiger partial charge in [-0.3, -0.25) is 14.5 Å². The van der Waals surface area contributed by atoms with Crippen molar-refractivity contribution in [1.29, 1.82) is 0 Å². The first-order valence-corrected chi connectivity index (χ1v) is 13.1. The zero-order chi connectivity index (χ0) is 27.2. The van der Waals surface area contributed by atoms with Crippen LogP contribution in [0.3, 0.4) is 0 Å². The number of methoxy groups -OCH3 is 2. The van der Waals surface area contributed by atoms with Crippen LogP contribution in [0.25, 0.3) is 0 Å². The number of amides is 2. The maximum absolute atomic E-state index is 13.8. The summed E-state index contributed by atoms with van der Waals surface area (Å²) in [6.07, 6.45) is 0.511. The number of benzene rings is 2. The second-order valence-corrected chi connectivity index (χ2v) is 9.55. The molecule has 0 radical (unpaired) electrons. The minimum absolute atomic E-state index is 0.0949. The third-order valence-electron chi connectivity index (χ3n) is 7.11. The fourth-order valence-electron chi connectivity index (χ4n) is 4.91. The summed E-state index contributed by atoms with van der Waals surface area (Å²) in [7, 11) is 3.09. The van der Waals surface area contributed by atoms with Crippen molar-refractivity contribution < 1.29 is 33.3 Å². The topological polar surface area (TPSA) is 102 Å². The summed E-state index contributed by atoms with van der Waals surface area (Å²) in [6.45, 7) is 3.96. The molecule has 11 heteroatoms. The fraction of sp³-hybridized carbons (Fsp3) is 0.464. The molecule has 3 aliphatic heterocycles. The van der Waals surface area contributed by atoms with E-state index < -0.39 is 0 Å². The molecule has 0 saturated carbocycles. The molecule has 208 valence electrons. The fourth-order valence-corrected chi connectivity index (χ4v) is 4.91. The highest BCUT2D eigenvalue weighted by Crippen LogP contribution is 2.39. The number of hydrogen-bond acceptors (Lipinski definition) is 9. The van der Waals surface area contributed by atoms with E-state index in [9.17, 15) is 9.59 Å². The van der Waals surface area contributed by atoms with Crippen molar-refractivity contribution in [2.75, 3.05) is 73.6 Å². The van der Waals surface area contributed by atoms with Gasteiger partial charge in [-0.05, 0) is 47.5 Å². The SMILES string of the molecule is COCC(=O)N(CCN1CCOCC1)CC(=O)N1N=C(c2ccc(OC)cc2)C[C@@H]1c1ccc2c(c1)OCO2. The number of hydrazone groups is 1. The molecule has 0 bridgehead atoms. The summed E-state index contributed by atoms with van der Waals surface area (Å²) in [5.41, 5.74) is 2.55. The molecule has 0 N–H and O–H groups in total. The molecule has 2 amide bonds. The molecule has 5 rings (SSSR count). The predicted octanol–water partition coefficient (Wildman–Crippen LogP) is 1.91. The second kappa shape index (κ2) is 12.5. The van der Waals surface area contributed by atoms with Crippen molar-refractivity contribution in [3.63, 3.8) is 0 Å². The Kier molecular flexibility index (Phi) is 8.60. The summed E-state index contributed by atoms with van der Waals surface area (Å²) < 4.78 is 26.9. The summed E-state index contributed by atoms with van der Waals surface area (Å²) in [5.74, 6) is 1.54. The van der Waals surface area contributed by atoms with Crippen LogP contribution < -0.4 is 14.2 Å². The molecular formula is C28H34N4O7. The van der Waals surface area contributed by atoms with E-state index in [2.05, 4.69) is 4.90 Å². The number of morpholine rings is 1. The van der Waals surface area contributed by atoms with Gasteiger partial charge in [0, 0.05) is 39.7 Å². The minimum atomic E-state index is -0.359. The number of rotatable bonds is 10. The molecule has 0 aromatic heterocycles. The summed E-state index contributed by atoms with van der Waals surface area (Å²) in [5, 5.41) is 6.26. The summed E-state index contributed by atoms with van der Waals surface area (Å²) in [6, 6.07) is 12.9. The first kappa shape index (κ1) is 26.9. The third-order valence-corrected chi connectivity index (χ3v) is 7.11. The van der Waals surface area contributed by atoms with Gasteiger partial charge in [-0.1, -0.05) is 6.07 Å². The average Bonchev–Trinajstić information content (AvgIpc) is 3.63. The molecule has 11 nitrogen and oxygen atoms in total. The van der Waals surface area contributed by atoms with Crippen molar-refractivity contribution >= 4 is 17.5 Å². The number of hydrogen-bond donors (Lipinski definition) is 0. The van der Waals surface area contributed by atoms with E-state index in [0.717, 1.165) is 35.7 Å². The van der Waals surface area contributed by atoms with E-state index >= 15 is 0 Å². The Morgan fingerprint density at radius 2 is 1.82 bits per heavy atom. The maximum Gasteiger partial charge on any atom is 0.262 e. The van der Waals surface area contributed by atoms with Gasteiger partial charge in [-0.25, -0.2) is 5.01 Å². The van der Waals surface area contributed by atoms with Gasteiger partial charge in [-0.15, -0.1) is 0 Å². The van der Waals surface area contributed by atoms with E-state index in [0.29, 0.717) is 44.2 Å². The Balaban J connectivity index is 1.38. The molecule has 3 aliphatic rings. The minimum Gasteiger partial charge on any atom is -0.497 e. The quantitative estimate of drug-likeness (QED) is 0.452. The largest absolute Gasteiger partial charge is 0.497 e. The van der Waals surface area contributed by atoms with Gasteiger partial charge in [0.2, 0.25) is 12.7 Å². The lowest BCUT2D eigenvalue weighted by molar-refractivity contribution is -0.143. The van der Waals surface area contributed by atoms with Crippen LogP contribution in [0.1, 0.15) is 23.6 Å². The van der Waals surface area contributed by atoms with E-state index in [1.165, 1.54) is 12.1 Å². The Hall–Kier alpha value is -3.67. The first-order valence-electron chi connectivity index (χ1n) is 13.1. The Bertz CT molecular complexity index is 1200. The van der Waals surface area contributed by atoms with E-state index in [1.807, 2.05) is 42.5 Å². The predicted molar refractivity (Wildman–Crippen MR) is 142 cm³/mol. The van der Waals surface area contributed by atoms with Gasteiger partial charge in [0.25, 0.3) is 5.91 Å². The number of nitrogens with zero attached hydrogens (tertiary/aromatic N) is 4. The van der Waals surface area contributed by atoms with Crippen LogP contribution in [0, 0.1) is 0 Å². The average molecular weight is 539 g/mol. The number of carbonyl (C=O) groups excluding carboxylic acids is 2. The van der Waals surface area contributed by atoms with E-state index in [1.54, 1.807) is 12.0 Å². The molecular weight excluding hydrogens is 504 g/mol. The van der Waals surface area contributed by atoms with Crippen LogP contribution in [0.4, 0.5) is 0 Å². The highest BCUT2D eigenvalue weighted by Gasteiger charge is 2.35. The molecule has 2 aromatic rings. The van der Waals surface area contributed by atoms with Gasteiger partial charge in [0.1, 0.15) is 18.9 Å². The molecule has 0 aliphatic carbocycles. The van der Waals surface area contributed by atoms with Crippen LogP contribution in [-0.4, -0.2) is 106 Å². The van der Waals surface area contributed by atoms with Crippen molar-refractivity contribution in [2.24, 2.45) is 5.10 Å². The van der Waals surface area contributed by atoms with Crippen LogP contribution in [0.5, 0.6) is 17.2 Å². The van der Waals surface area contributed by atoms with Gasteiger partial charge < -0.3 is 28.6 Å². The van der Waals surface area contributed by atoms with E-state index in [4.69, 9.17) is 28.8 Å². The molecule has 1 fully saturated rings. The second-order valence-electron chi connectivity index (χ2n) is 9.55. The third kappa shape index (κ3) is 6.32. The van der Waals surface area contributed by atoms with Gasteiger partial charge >= 0.3 is 0 Å². The molecule has 39 heavy (non-hydrogen) atoms.